The zero-order chi connectivity index (χ0) is 16.3. The molecular weight excluding hydrogens is 306 g/mol. The van der Waals surface area contributed by atoms with Crippen LogP contribution in [0.1, 0.15) is 24.5 Å². The van der Waals surface area contributed by atoms with Gasteiger partial charge in [0.25, 0.3) is 0 Å². The van der Waals surface area contributed by atoms with Crippen molar-refractivity contribution in [2.24, 2.45) is 0 Å². The Bertz CT molecular complexity index is 1160. The number of fused-ring (bicyclic) bond motifs is 2. The lowest BCUT2D eigenvalue weighted by Crippen LogP contribution is -2.24. The second kappa shape index (κ2) is 4.64. The van der Waals surface area contributed by atoms with Crippen LogP contribution in [-0.2, 0) is 0 Å². The van der Waals surface area contributed by atoms with E-state index in [1.165, 1.54) is 4.57 Å². The van der Waals surface area contributed by atoms with Crippen LogP contribution in [0.15, 0.2) is 45.8 Å². The summed E-state index contributed by atoms with van der Waals surface area (Å²) in [6, 6.07) is 9.29. The minimum Gasteiger partial charge on any atom is -0.383 e. The maximum absolute atomic E-state index is 12.6. The Morgan fingerprint density at radius 2 is 2.00 bits per heavy atom. The van der Waals surface area contributed by atoms with Crippen LogP contribution < -0.4 is 11.4 Å². The van der Waals surface area contributed by atoms with E-state index in [0.717, 1.165) is 23.9 Å². The standard InChI is InChI=1S/C17H13N5O2/c18-15-10-6-7-12(9-4-5-9)20-16(10)22(17(23)21-15)13-2-1-3-14-11(13)8-19-24-14/h1-3,6-9H,4-5H2,(H2,18,21,23). The van der Waals surface area contributed by atoms with E-state index >= 15 is 0 Å². The highest BCUT2D eigenvalue weighted by molar-refractivity contribution is 5.91. The molecule has 5 rings (SSSR count). The van der Waals surface area contributed by atoms with Gasteiger partial charge in [-0.15, -0.1) is 0 Å². The van der Waals surface area contributed by atoms with Crippen LogP contribution in [0.3, 0.4) is 0 Å². The second-order valence-electron chi connectivity index (χ2n) is 6.01. The van der Waals surface area contributed by atoms with Crippen molar-refractivity contribution in [3.63, 3.8) is 0 Å². The predicted molar refractivity (Wildman–Crippen MR) is 89.1 cm³/mol. The third kappa shape index (κ3) is 1.84. The summed E-state index contributed by atoms with van der Waals surface area (Å²) in [4.78, 5) is 21.3. The van der Waals surface area contributed by atoms with Gasteiger partial charge in [-0.3, -0.25) is 0 Å². The lowest BCUT2D eigenvalue weighted by molar-refractivity contribution is 0.456. The molecule has 0 saturated heterocycles. The maximum Gasteiger partial charge on any atom is 0.355 e. The van der Waals surface area contributed by atoms with Crippen molar-refractivity contribution >= 4 is 27.8 Å². The van der Waals surface area contributed by atoms with Gasteiger partial charge in [0.2, 0.25) is 0 Å². The summed E-state index contributed by atoms with van der Waals surface area (Å²) in [6.45, 7) is 0. The first-order valence-electron chi connectivity index (χ1n) is 7.75. The molecule has 0 spiro atoms. The number of benzene rings is 1. The molecule has 1 aliphatic carbocycles. The molecule has 1 saturated carbocycles. The number of hydrogen-bond acceptors (Lipinski definition) is 6. The van der Waals surface area contributed by atoms with Crippen molar-refractivity contribution in [2.45, 2.75) is 18.8 Å². The number of pyridine rings is 1. The van der Waals surface area contributed by atoms with Crippen molar-refractivity contribution < 1.29 is 4.52 Å². The Kier molecular flexibility index (Phi) is 2.56. The minimum atomic E-state index is -0.464. The van der Waals surface area contributed by atoms with Crippen molar-refractivity contribution in [3.05, 3.63) is 52.7 Å². The van der Waals surface area contributed by atoms with E-state index in [9.17, 15) is 4.79 Å². The summed E-state index contributed by atoms with van der Waals surface area (Å²) in [5.41, 5.74) is 8.22. The molecule has 24 heavy (non-hydrogen) atoms. The van der Waals surface area contributed by atoms with Crippen LogP contribution >= 0.6 is 0 Å². The summed E-state index contributed by atoms with van der Waals surface area (Å²) >= 11 is 0. The molecule has 0 bridgehead atoms. The van der Waals surface area contributed by atoms with E-state index in [0.29, 0.717) is 28.2 Å². The molecule has 0 atom stereocenters. The van der Waals surface area contributed by atoms with Crippen molar-refractivity contribution in [3.8, 4) is 5.69 Å². The lowest BCUT2D eigenvalue weighted by atomic mass is 10.2. The maximum atomic E-state index is 12.6. The predicted octanol–water partition coefficient (Wildman–Crippen LogP) is 2.38. The van der Waals surface area contributed by atoms with Crippen LogP contribution in [0.5, 0.6) is 0 Å². The highest BCUT2D eigenvalue weighted by atomic mass is 16.5. The Hall–Kier alpha value is -3.22. The van der Waals surface area contributed by atoms with Crippen molar-refractivity contribution in [1.29, 1.82) is 0 Å². The summed E-state index contributed by atoms with van der Waals surface area (Å²) in [7, 11) is 0. The lowest BCUT2D eigenvalue weighted by Gasteiger charge is -2.11. The van der Waals surface area contributed by atoms with E-state index in [1.807, 2.05) is 24.3 Å². The van der Waals surface area contributed by atoms with Gasteiger partial charge in [0.05, 0.1) is 22.7 Å². The number of nitrogens with two attached hydrogens (primary N) is 1. The van der Waals surface area contributed by atoms with E-state index < -0.39 is 5.69 Å². The SMILES string of the molecule is Nc1nc(=O)n(-c2cccc3oncc23)c2nc(C3CC3)ccc12. The quantitative estimate of drug-likeness (QED) is 0.609. The molecule has 0 unspecified atom stereocenters. The van der Waals surface area contributed by atoms with Gasteiger partial charge in [0, 0.05) is 11.6 Å². The average Bonchev–Trinajstić information content (AvgIpc) is 3.32. The molecule has 3 heterocycles. The molecule has 118 valence electrons. The van der Waals surface area contributed by atoms with Gasteiger partial charge in [-0.1, -0.05) is 11.2 Å². The van der Waals surface area contributed by atoms with Gasteiger partial charge >= 0.3 is 5.69 Å². The van der Waals surface area contributed by atoms with Gasteiger partial charge in [0.15, 0.2) is 11.2 Å². The second-order valence-corrected chi connectivity index (χ2v) is 6.01. The number of anilines is 1. The Balaban J connectivity index is 1.91. The van der Waals surface area contributed by atoms with Crippen molar-refractivity contribution in [1.82, 2.24) is 19.7 Å². The zero-order valence-corrected chi connectivity index (χ0v) is 12.6. The van der Waals surface area contributed by atoms with Crippen LogP contribution in [0.4, 0.5) is 5.82 Å². The molecule has 7 nitrogen and oxygen atoms in total. The summed E-state index contributed by atoms with van der Waals surface area (Å²) in [5.74, 6) is 0.664. The molecule has 1 aromatic carbocycles. The molecule has 1 fully saturated rings. The normalized spacial score (nSPS) is 14.5. The van der Waals surface area contributed by atoms with E-state index in [4.69, 9.17) is 15.2 Å². The molecule has 0 amide bonds. The molecule has 2 N–H and O–H groups in total. The Labute approximate surface area is 135 Å². The molecule has 7 heteroatoms. The average molecular weight is 319 g/mol. The van der Waals surface area contributed by atoms with Gasteiger partial charge < -0.3 is 10.3 Å². The smallest absolute Gasteiger partial charge is 0.355 e. The van der Waals surface area contributed by atoms with Crippen molar-refractivity contribution in [2.75, 3.05) is 5.73 Å². The fraction of sp³-hybridized carbons (Fsp3) is 0.176. The Morgan fingerprint density at radius 3 is 2.83 bits per heavy atom. The fourth-order valence-electron chi connectivity index (χ4n) is 3.03. The highest BCUT2D eigenvalue weighted by Crippen LogP contribution is 2.39. The highest BCUT2D eigenvalue weighted by Gasteiger charge is 2.26. The van der Waals surface area contributed by atoms with Crippen LogP contribution in [-0.4, -0.2) is 19.7 Å². The van der Waals surface area contributed by atoms with E-state index in [-0.39, 0.29) is 5.82 Å². The van der Waals surface area contributed by atoms with Gasteiger partial charge in [-0.05, 0) is 37.1 Å². The molecule has 3 aromatic heterocycles. The zero-order valence-electron chi connectivity index (χ0n) is 12.6. The first kappa shape index (κ1) is 13.2. The number of aromatic nitrogens is 4. The third-order valence-corrected chi connectivity index (χ3v) is 4.40. The number of hydrogen-bond donors (Lipinski definition) is 1. The van der Waals surface area contributed by atoms with Crippen LogP contribution in [0, 0.1) is 0 Å². The van der Waals surface area contributed by atoms with Gasteiger partial charge in [-0.2, -0.15) is 4.98 Å². The summed E-state index contributed by atoms with van der Waals surface area (Å²) < 4.78 is 6.68. The number of nitrogen functional groups attached to an aromatic ring is 1. The van der Waals surface area contributed by atoms with Crippen LogP contribution in [0.2, 0.25) is 0 Å². The van der Waals surface area contributed by atoms with Gasteiger partial charge in [0.1, 0.15) is 5.82 Å². The summed E-state index contributed by atoms with van der Waals surface area (Å²) in [5, 5.41) is 5.20. The summed E-state index contributed by atoms with van der Waals surface area (Å²) in [6.07, 6.45) is 3.85. The largest absolute Gasteiger partial charge is 0.383 e. The van der Waals surface area contributed by atoms with E-state index in [2.05, 4.69) is 10.1 Å². The first-order chi connectivity index (χ1) is 11.7. The third-order valence-electron chi connectivity index (χ3n) is 4.40. The first-order valence-corrected chi connectivity index (χ1v) is 7.75. The number of rotatable bonds is 2. The van der Waals surface area contributed by atoms with Crippen LogP contribution in [0.25, 0.3) is 27.7 Å². The molecular formula is C17H13N5O2. The topological polar surface area (TPSA) is 99.8 Å². The molecule has 4 aromatic rings. The molecule has 0 radical (unpaired) electrons. The molecule has 0 aliphatic heterocycles. The Morgan fingerprint density at radius 1 is 1.12 bits per heavy atom. The van der Waals surface area contributed by atoms with Gasteiger partial charge in [-0.25, -0.2) is 14.3 Å². The monoisotopic (exact) mass is 319 g/mol. The fourth-order valence-corrected chi connectivity index (χ4v) is 3.03. The molecule has 1 aliphatic rings. The van der Waals surface area contributed by atoms with E-state index in [1.54, 1.807) is 12.3 Å². The number of nitrogens with zero attached hydrogens (tertiary/aromatic N) is 4. The minimum absolute atomic E-state index is 0.193.